The van der Waals surface area contributed by atoms with Gasteiger partial charge in [-0.2, -0.15) is 0 Å². The standard InChI is InChI=1S/C50H46/c1-9-18-34(32(3)4)35(19-10-2)39-28-29-43(37-22-12-11-21-36(37)39)48-41-25-15-16-26-42(41)49(47-33(5)20-17-27-45(47)48)44-30-31-46(50(6,7)8)40-24-14-13-23-38(40)44/h9-31H,3H2,1-2,4-8H3/b18-9-,19-10?,35-34+. The number of fused-ring (bicyclic) bond motifs is 4. The smallest absolute Gasteiger partial charge is 0.00175 e. The minimum atomic E-state index is 0.0369. The summed E-state index contributed by atoms with van der Waals surface area (Å²) < 4.78 is 0. The first kappa shape index (κ1) is 33.1. The molecular weight excluding hydrogens is 601 g/mol. The van der Waals surface area contributed by atoms with Crippen LogP contribution in [0.25, 0.3) is 70.9 Å². The maximum Gasteiger partial charge on any atom is -0.00175 e. The SMILES string of the molecule is C=C(C)C(/C=C\C)=C(\C=CC)c1ccc(-c2c3ccccc3c(-c3ccc(C(C)(C)C)c4ccccc34)c3c(C)cccc23)c2ccccc12. The van der Waals surface area contributed by atoms with E-state index in [1.54, 1.807) is 0 Å². The summed E-state index contributed by atoms with van der Waals surface area (Å²) in [5.74, 6) is 0. The van der Waals surface area contributed by atoms with Gasteiger partial charge in [0.1, 0.15) is 0 Å². The minimum absolute atomic E-state index is 0.0369. The molecule has 0 N–H and O–H groups in total. The van der Waals surface area contributed by atoms with E-state index in [9.17, 15) is 0 Å². The van der Waals surface area contributed by atoms with Crippen molar-refractivity contribution in [1.29, 1.82) is 0 Å². The van der Waals surface area contributed by atoms with E-state index < -0.39 is 0 Å². The first-order valence-electron chi connectivity index (χ1n) is 17.8. The molecule has 50 heavy (non-hydrogen) atoms. The summed E-state index contributed by atoms with van der Waals surface area (Å²) in [4.78, 5) is 0. The van der Waals surface area contributed by atoms with E-state index >= 15 is 0 Å². The molecule has 0 aliphatic carbocycles. The maximum absolute atomic E-state index is 4.35. The van der Waals surface area contributed by atoms with Gasteiger partial charge in [0.25, 0.3) is 0 Å². The Morgan fingerprint density at radius 3 is 1.68 bits per heavy atom. The molecule has 0 aromatic heterocycles. The van der Waals surface area contributed by atoms with Crippen LogP contribution in [0, 0.1) is 6.92 Å². The van der Waals surface area contributed by atoms with Gasteiger partial charge in [0, 0.05) is 0 Å². The van der Waals surface area contributed by atoms with Gasteiger partial charge in [0.05, 0.1) is 0 Å². The van der Waals surface area contributed by atoms with E-state index in [1.807, 2.05) is 0 Å². The molecule has 0 aliphatic rings. The number of aryl methyl sites for hydroxylation is 1. The monoisotopic (exact) mass is 646 g/mol. The minimum Gasteiger partial charge on any atom is -0.0955 e. The number of allylic oxidation sites excluding steroid dienone is 7. The molecule has 7 aromatic rings. The van der Waals surface area contributed by atoms with Crippen LogP contribution in [0.4, 0.5) is 0 Å². The van der Waals surface area contributed by atoms with Crippen LogP contribution in [-0.4, -0.2) is 0 Å². The molecule has 7 aromatic carbocycles. The second-order valence-electron chi connectivity index (χ2n) is 14.6. The Balaban J connectivity index is 1.62. The average Bonchev–Trinajstić information content (AvgIpc) is 3.11. The van der Waals surface area contributed by atoms with Gasteiger partial charge in [-0.15, -0.1) is 0 Å². The second-order valence-corrected chi connectivity index (χ2v) is 14.6. The number of benzene rings is 7. The van der Waals surface area contributed by atoms with E-state index in [-0.39, 0.29) is 5.41 Å². The van der Waals surface area contributed by atoms with Crippen molar-refractivity contribution in [3.63, 3.8) is 0 Å². The fraction of sp³-hybridized carbons (Fsp3) is 0.160. The molecule has 0 saturated carbocycles. The third-order valence-electron chi connectivity index (χ3n) is 10.2. The summed E-state index contributed by atoms with van der Waals surface area (Å²) in [6, 6.07) is 43.1. The van der Waals surface area contributed by atoms with Gasteiger partial charge in [0.2, 0.25) is 0 Å². The molecule has 246 valence electrons. The normalized spacial score (nSPS) is 12.9. The Morgan fingerprint density at radius 1 is 0.540 bits per heavy atom. The highest BCUT2D eigenvalue weighted by Crippen LogP contribution is 2.49. The lowest BCUT2D eigenvalue weighted by molar-refractivity contribution is 0.596. The Bertz CT molecular complexity index is 2560. The van der Waals surface area contributed by atoms with Crippen LogP contribution in [0.5, 0.6) is 0 Å². The molecule has 0 nitrogen and oxygen atoms in total. The van der Waals surface area contributed by atoms with Crippen molar-refractivity contribution in [2.24, 2.45) is 0 Å². The number of rotatable bonds is 6. The van der Waals surface area contributed by atoms with Crippen LogP contribution in [0.3, 0.4) is 0 Å². The third-order valence-corrected chi connectivity index (χ3v) is 10.2. The van der Waals surface area contributed by atoms with Crippen LogP contribution >= 0.6 is 0 Å². The van der Waals surface area contributed by atoms with E-state index in [0.29, 0.717) is 0 Å². The van der Waals surface area contributed by atoms with Crippen LogP contribution in [0.1, 0.15) is 58.2 Å². The van der Waals surface area contributed by atoms with E-state index in [0.717, 1.165) is 11.1 Å². The van der Waals surface area contributed by atoms with Gasteiger partial charge in [0.15, 0.2) is 0 Å². The van der Waals surface area contributed by atoms with Crippen LogP contribution < -0.4 is 0 Å². The summed E-state index contributed by atoms with van der Waals surface area (Å²) >= 11 is 0. The van der Waals surface area contributed by atoms with Crippen molar-refractivity contribution < 1.29 is 0 Å². The molecule has 0 atom stereocenters. The summed E-state index contributed by atoms with van der Waals surface area (Å²) in [5.41, 5.74) is 12.4. The van der Waals surface area contributed by atoms with E-state index in [1.165, 1.54) is 87.6 Å². The van der Waals surface area contributed by atoms with Gasteiger partial charge in [-0.3, -0.25) is 0 Å². The molecule has 0 aliphatic heterocycles. The highest BCUT2D eigenvalue weighted by Gasteiger charge is 2.23. The molecule has 0 saturated heterocycles. The zero-order valence-electron chi connectivity index (χ0n) is 30.5. The number of hydrogen-bond acceptors (Lipinski definition) is 0. The fourth-order valence-electron chi connectivity index (χ4n) is 8.02. The van der Waals surface area contributed by atoms with Crippen molar-refractivity contribution in [1.82, 2.24) is 0 Å². The highest BCUT2D eigenvalue weighted by molar-refractivity contribution is 6.26. The summed E-state index contributed by atoms with van der Waals surface area (Å²) in [6.07, 6.45) is 8.64. The zero-order valence-corrected chi connectivity index (χ0v) is 30.5. The lowest BCUT2D eigenvalue weighted by Crippen LogP contribution is -2.11. The van der Waals surface area contributed by atoms with Crippen LogP contribution in [-0.2, 0) is 5.41 Å². The first-order valence-corrected chi connectivity index (χ1v) is 17.8. The quantitative estimate of drug-likeness (QED) is 0.125. The molecular formula is C50H46. The Hall–Kier alpha value is -5.46. The summed E-state index contributed by atoms with van der Waals surface area (Å²) in [7, 11) is 0. The van der Waals surface area contributed by atoms with Crippen molar-refractivity contribution in [3.8, 4) is 22.3 Å². The van der Waals surface area contributed by atoms with E-state index in [4.69, 9.17) is 0 Å². The Kier molecular flexibility index (Phi) is 8.66. The molecule has 0 radical (unpaired) electrons. The summed E-state index contributed by atoms with van der Waals surface area (Å²) in [5, 5.41) is 10.2. The predicted molar refractivity (Wildman–Crippen MR) is 222 cm³/mol. The second kappa shape index (κ2) is 13.1. The van der Waals surface area contributed by atoms with Crippen molar-refractivity contribution in [3.05, 3.63) is 174 Å². The van der Waals surface area contributed by atoms with Gasteiger partial charge < -0.3 is 0 Å². The van der Waals surface area contributed by atoms with Crippen molar-refractivity contribution >= 4 is 48.7 Å². The van der Waals surface area contributed by atoms with E-state index in [2.05, 4.69) is 195 Å². The molecule has 0 heteroatoms. The fourth-order valence-corrected chi connectivity index (χ4v) is 8.02. The van der Waals surface area contributed by atoms with Gasteiger partial charge in [-0.25, -0.2) is 0 Å². The maximum atomic E-state index is 4.35. The van der Waals surface area contributed by atoms with Crippen LogP contribution in [0.15, 0.2) is 157 Å². The zero-order chi connectivity index (χ0) is 35.2. The van der Waals surface area contributed by atoms with Crippen molar-refractivity contribution in [2.75, 3.05) is 0 Å². The Labute approximate surface area is 297 Å². The first-order chi connectivity index (χ1) is 24.2. The Morgan fingerprint density at radius 2 is 1.06 bits per heavy atom. The van der Waals surface area contributed by atoms with Crippen LogP contribution in [0.2, 0.25) is 0 Å². The lowest BCUT2D eigenvalue weighted by Gasteiger charge is -2.25. The molecule has 7 rings (SSSR count). The van der Waals surface area contributed by atoms with Gasteiger partial charge in [-0.05, 0) is 126 Å². The summed E-state index contributed by atoms with van der Waals surface area (Å²) in [6.45, 7) is 19.8. The molecule has 0 bridgehead atoms. The predicted octanol–water partition coefficient (Wildman–Crippen LogP) is 14.7. The van der Waals surface area contributed by atoms with Gasteiger partial charge in [-0.1, -0.05) is 172 Å². The molecule has 0 unspecified atom stereocenters. The highest BCUT2D eigenvalue weighted by atomic mass is 14.3. The molecule has 0 heterocycles. The number of hydrogen-bond donors (Lipinski definition) is 0. The van der Waals surface area contributed by atoms with Crippen molar-refractivity contribution in [2.45, 2.75) is 53.9 Å². The van der Waals surface area contributed by atoms with Gasteiger partial charge >= 0.3 is 0 Å². The topological polar surface area (TPSA) is 0 Å². The molecule has 0 spiro atoms. The lowest BCUT2D eigenvalue weighted by atomic mass is 9.79. The molecule has 0 fully saturated rings. The molecule has 0 amide bonds. The largest absolute Gasteiger partial charge is 0.0955 e. The average molecular weight is 647 g/mol. The third kappa shape index (κ3) is 5.50.